The van der Waals surface area contributed by atoms with E-state index in [1.165, 1.54) is 6.07 Å². The van der Waals surface area contributed by atoms with Gasteiger partial charge in [0.1, 0.15) is 18.2 Å². The van der Waals surface area contributed by atoms with Gasteiger partial charge in [-0.1, -0.05) is 30.3 Å². The van der Waals surface area contributed by atoms with Crippen LogP contribution in [0.1, 0.15) is 35.7 Å². The summed E-state index contributed by atoms with van der Waals surface area (Å²) in [5.74, 6) is -0.464. The van der Waals surface area contributed by atoms with Crippen molar-refractivity contribution in [2.75, 3.05) is 19.6 Å². The maximum atomic E-state index is 13.8. The van der Waals surface area contributed by atoms with E-state index in [1.54, 1.807) is 6.20 Å². The maximum absolute atomic E-state index is 13.8. The molecule has 0 unspecified atom stereocenters. The quantitative estimate of drug-likeness (QED) is 0.452. The van der Waals surface area contributed by atoms with E-state index in [2.05, 4.69) is 15.6 Å². The van der Waals surface area contributed by atoms with Gasteiger partial charge in [0.25, 0.3) is 0 Å². The number of hydrogen-bond donors (Lipinski definition) is 2. The summed E-state index contributed by atoms with van der Waals surface area (Å²) < 4.78 is 60.5. The normalized spacial score (nSPS) is 14.6. The lowest BCUT2D eigenvalue weighted by atomic mass is 9.97. The smallest absolute Gasteiger partial charge is 0.419 e. The Morgan fingerprint density at radius 2 is 1.89 bits per heavy atom. The Hall–Kier alpha value is -3.40. The van der Waals surface area contributed by atoms with Crippen LogP contribution in [-0.4, -0.2) is 35.3 Å². The van der Waals surface area contributed by atoms with Crippen LogP contribution in [0.25, 0.3) is 11.3 Å². The SMILES string of the molecule is O=C(NCCn1cc(-c2ccc(F)c(C(F)(F)F)c2)nc1C1CCNCC1)OCc1ccccc1. The molecule has 0 bridgehead atoms. The van der Waals surface area contributed by atoms with E-state index in [-0.39, 0.29) is 24.6 Å². The molecule has 1 aromatic heterocycles. The molecule has 0 aliphatic carbocycles. The zero-order valence-corrected chi connectivity index (χ0v) is 18.9. The number of ether oxygens (including phenoxy) is 1. The molecule has 2 N–H and O–H groups in total. The Morgan fingerprint density at radius 3 is 2.60 bits per heavy atom. The number of carbonyl (C=O) groups excluding carboxylic acids is 1. The van der Waals surface area contributed by atoms with Crippen LogP contribution >= 0.6 is 0 Å². The number of nitrogens with one attached hydrogen (secondary N) is 2. The third kappa shape index (κ3) is 6.39. The minimum Gasteiger partial charge on any atom is -0.445 e. The van der Waals surface area contributed by atoms with Crippen molar-refractivity contribution >= 4 is 6.09 Å². The molecule has 35 heavy (non-hydrogen) atoms. The third-order valence-electron chi connectivity index (χ3n) is 5.91. The van der Waals surface area contributed by atoms with Gasteiger partial charge in [0, 0.05) is 30.8 Å². The number of alkyl carbamates (subject to hydrolysis) is 1. The van der Waals surface area contributed by atoms with Gasteiger partial charge in [-0.25, -0.2) is 14.2 Å². The molecular weight excluding hydrogens is 464 g/mol. The first-order valence-corrected chi connectivity index (χ1v) is 11.4. The Labute approximate surface area is 200 Å². The number of rotatable bonds is 7. The number of carbonyl (C=O) groups is 1. The number of hydrogen-bond acceptors (Lipinski definition) is 4. The van der Waals surface area contributed by atoms with Gasteiger partial charge in [0.15, 0.2) is 0 Å². The minimum atomic E-state index is -4.80. The number of benzene rings is 2. The highest BCUT2D eigenvalue weighted by molar-refractivity contribution is 5.67. The predicted molar refractivity (Wildman–Crippen MR) is 122 cm³/mol. The molecule has 4 rings (SSSR count). The fraction of sp³-hybridized carbons (Fsp3) is 0.360. The largest absolute Gasteiger partial charge is 0.445 e. The van der Waals surface area contributed by atoms with Crippen molar-refractivity contribution in [3.05, 3.63) is 77.5 Å². The van der Waals surface area contributed by atoms with Gasteiger partial charge >= 0.3 is 12.3 Å². The Kier molecular flexibility index (Phi) is 7.70. The van der Waals surface area contributed by atoms with Crippen LogP contribution in [0.5, 0.6) is 0 Å². The molecule has 1 amide bonds. The van der Waals surface area contributed by atoms with Gasteiger partial charge in [0.05, 0.1) is 11.3 Å². The van der Waals surface area contributed by atoms with E-state index in [1.807, 2.05) is 34.9 Å². The summed E-state index contributed by atoms with van der Waals surface area (Å²) in [6.07, 6.45) is -2.04. The third-order valence-corrected chi connectivity index (χ3v) is 5.91. The summed E-state index contributed by atoms with van der Waals surface area (Å²) in [6.45, 7) is 2.38. The number of nitrogens with zero attached hydrogens (tertiary/aromatic N) is 2. The first kappa shape index (κ1) is 24.7. The molecule has 1 fully saturated rings. The molecule has 2 aromatic carbocycles. The molecule has 0 atom stereocenters. The fourth-order valence-electron chi connectivity index (χ4n) is 4.11. The maximum Gasteiger partial charge on any atom is 0.419 e. The topological polar surface area (TPSA) is 68.2 Å². The number of imidazole rings is 1. The summed E-state index contributed by atoms with van der Waals surface area (Å²) in [5.41, 5.74) is 0.0574. The van der Waals surface area contributed by atoms with E-state index in [4.69, 9.17) is 4.74 Å². The lowest BCUT2D eigenvalue weighted by Crippen LogP contribution is -2.30. The van der Waals surface area contributed by atoms with E-state index in [0.29, 0.717) is 12.2 Å². The van der Waals surface area contributed by atoms with Crippen molar-refractivity contribution in [3.8, 4) is 11.3 Å². The van der Waals surface area contributed by atoms with Crippen molar-refractivity contribution in [2.24, 2.45) is 0 Å². The summed E-state index contributed by atoms with van der Waals surface area (Å²) >= 11 is 0. The Morgan fingerprint density at radius 1 is 1.14 bits per heavy atom. The average Bonchev–Trinajstić information content (AvgIpc) is 3.27. The number of piperidine rings is 1. The second-order valence-corrected chi connectivity index (χ2v) is 8.38. The van der Waals surface area contributed by atoms with Crippen LogP contribution in [0.2, 0.25) is 0 Å². The number of amides is 1. The van der Waals surface area contributed by atoms with E-state index in [9.17, 15) is 22.4 Å². The number of aromatic nitrogens is 2. The zero-order valence-electron chi connectivity index (χ0n) is 18.9. The van der Waals surface area contributed by atoms with Gasteiger partial charge in [-0.05, 0) is 49.7 Å². The molecule has 0 saturated carbocycles. The Balaban J connectivity index is 1.47. The van der Waals surface area contributed by atoms with Crippen LogP contribution in [-0.2, 0) is 24.1 Å². The molecule has 0 radical (unpaired) electrons. The lowest BCUT2D eigenvalue weighted by Gasteiger charge is -2.23. The summed E-state index contributed by atoms with van der Waals surface area (Å²) in [6, 6.07) is 12.2. The number of alkyl halides is 3. The van der Waals surface area contributed by atoms with Crippen LogP contribution in [0.15, 0.2) is 54.7 Å². The van der Waals surface area contributed by atoms with E-state index >= 15 is 0 Å². The standard InChI is InChI=1S/C25H26F4N4O2/c26-21-7-6-19(14-20(21)25(27,28)29)22-15-33(23(32-22)18-8-10-30-11-9-18)13-12-31-24(34)35-16-17-4-2-1-3-5-17/h1-7,14-15,18,30H,8-13,16H2,(H,31,34). The van der Waals surface area contributed by atoms with Crippen LogP contribution in [0.3, 0.4) is 0 Å². The van der Waals surface area contributed by atoms with Crippen molar-refractivity contribution < 1.29 is 27.1 Å². The van der Waals surface area contributed by atoms with Gasteiger partial charge < -0.3 is 19.9 Å². The molecule has 186 valence electrons. The fourth-order valence-corrected chi connectivity index (χ4v) is 4.11. The summed E-state index contributed by atoms with van der Waals surface area (Å²) in [4.78, 5) is 16.7. The summed E-state index contributed by atoms with van der Waals surface area (Å²) in [5, 5.41) is 5.98. The highest BCUT2D eigenvalue weighted by Crippen LogP contribution is 2.35. The highest BCUT2D eigenvalue weighted by atomic mass is 19.4. The second-order valence-electron chi connectivity index (χ2n) is 8.38. The predicted octanol–water partition coefficient (Wildman–Crippen LogP) is 5.10. The van der Waals surface area contributed by atoms with Gasteiger partial charge in [-0.3, -0.25) is 0 Å². The monoisotopic (exact) mass is 490 g/mol. The molecule has 3 aromatic rings. The van der Waals surface area contributed by atoms with Crippen molar-refractivity contribution in [2.45, 2.75) is 38.1 Å². The highest BCUT2D eigenvalue weighted by Gasteiger charge is 2.34. The minimum absolute atomic E-state index is 0.123. The molecule has 10 heteroatoms. The first-order valence-electron chi connectivity index (χ1n) is 11.4. The molecular formula is C25H26F4N4O2. The first-order chi connectivity index (χ1) is 16.8. The van der Waals surface area contributed by atoms with Crippen molar-refractivity contribution in [1.29, 1.82) is 0 Å². The van der Waals surface area contributed by atoms with Gasteiger partial charge in [0.2, 0.25) is 0 Å². The van der Waals surface area contributed by atoms with Crippen molar-refractivity contribution in [3.63, 3.8) is 0 Å². The molecule has 1 aliphatic heterocycles. The van der Waals surface area contributed by atoms with Crippen LogP contribution in [0, 0.1) is 5.82 Å². The van der Waals surface area contributed by atoms with E-state index < -0.39 is 23.7 Å². The molecule has 0 spiro atoms. The van der Waals surface area contributed by atoms with Gasteiger partial charge in [-0.15, -0.1) is 0 Å². The lowest BCUT2D eigenvalue weighted by molar-refractivity contribution is -0.139. The van der Waals surface area contributed by atoms with Gasteiger partial charge in [-0.2, -0.15) is 13.2 Å². The molecule has 6 nitrogen and oxygen atoms in total. The summed E-state index contributed by atoms with van der Waals surface area (Å²) in [7, 11) is 0. The Bertz CT molecular complexity index is 1140. The van der Waals surface area contributed by atoms with E-state index in [0.717, 1.165) is 49.5 Å². The van der Waals surface area contributed by atoms with Crippen molar-refractivity contribution in [1.82, 2.24) is 20.2 Å². The van der Waals surface area contributed by atoms with Crippen LogP contribution in [0.4, 0.5) is 22.4 Å². The molecule has 1 aliphatic rings. The number of halogens is 4. The molecule has 1 saturated heterocycles. The van der Waals surface area contributed by atoms with Crippen LogP contribution < -0.4 is 10.6 Å². The molecule has 2 heterocycles. The zero-order chi connectivity index (χ0) is 24.8. The average molecular weight is 491 g/mol. The second kappa shape index (κ2) is 10.9.